The lowest BCUT2D eigenvalue weighted by molar-refractivity contribution is -0.384. The van der Waals surface area contributed by atoms with Crippen molar-refractivity contribution < 1.29 is 9.72 Å². The van der Waals surface area contributed by atoms with E-state index < -0.39 is 10.8 Å². The summed E-state index contributed by atoms with van der Waals surface area (Å²) < 4.78 is 0. The highest BCUT2D eigenvalue weighted by atomic mass is 32.2. The Hall–Kier alpha value is -2.94. The molecule has 9 heteroatoms. The predicted octanol–water partition coefficient (Wildman–Crippen LogP) is 2.96. The molecule has 1 aromatic carbocycles. The van der Waals surface area contributed by atoms with Gasteiger partial charge in [-0.2, -0.15) is 0 Å². The quantitative estimate of drug-likeness (QED) is 0.361. The minimum atomic E-state index is -0.586. The highest BCUT2D eigenvalue weighted by Crippen LogP contribution is 2.43. The number of rotatable bonds is 3. The standard InChI is InChI=1S/C18H16N4O4S/c1-27-18-20-16-15(17(24)21-18)13(9-5-7-10(8-6-9)22(25)26)14-11(19-16)3-2-4-12(14)23/h5-8,13H,2-4H2,1H3,(H2,19,20,21,24). The van der Waals surface area contributed by atoms with E-state index in [9.17, 15) is 19.7 Å². The lowest BCUT2D eigenvalue weighted by Gasteiger charge is -2.32. The maximum absolute atomic E-state index is 12.8. The van der Waals surface area contributed by atoms with Crippen LogP contribution >= 0.6 is 11.8 Å². The van der Waals surface area contributed by atoms with Crippen LogP contribution in [0.5, 0.6) is 0 Å². The Bertz CT molecular complexity index is 1040. The number of Topliss-reactive ketones (excluding diaryl/α,β-unsaturated/α-hetero) is 1. The van der Waals surface area contributed by atoms with Crippen LogP contribution in [0.15, 0.2) is 45.5 Å². The van der Waals surface area contributed by atoms with Crippen molar-refractivity contribution in [2.45, 2.75) is 30.3 Å². The van der Waals surface area contributed by atoms with Gasteiger partial charge in [-0.15, -0.1) is 0 Å². The van der Waals surface area contributed by atoms with Crippen molar-refractivity contribution in [3.8, 4) is 0 Å². The van der Waals surface area contributed by atoms with Crippen LogP contribution < -0.4 is 10.9 Å². The van der Waals surface area contributed by atoms with Gasteiger partial charge in [-0.25, -0.2) is 4.98 Å². The smallest absolute Gasteiger partial charge is 0.269 e. The summed E-state index contributed by atoms with van der Waals surface area (Å²) in [5.74, 6) is -0.150. The van der Waals surface area contributed by atoms with E-state index in [-0.39, 0.29) is 17.0 Å². The molecule has 2 heterocycles. The fraction of sp³-hybridized carbons (Fsp3) is 0.278. The van der Waals surface area contributed by atoms with E-state index in [4.69, 9.17) is 0 Å². The second-order valence-corrected chi connectivity index (χ2v) is 7.21. The Kier molecular flexibility index (Phi) is 4.31. The van der Waals surface area contributed by atoms with Gasteiger partial charge in [0.2, 0.25) is 0 Å². The molecule has 1 atom stereocenters. The van der Waals surface area contributed by atoms with Crippen LogP contribution in [-0.2, 0) is 4.79 Å². The molecule has 2 N–H and O–H groups in total. The number of aromatic amines is 1. The molecule has 0 saturated heterocycles. The summed E-state index contributed by atoms with van der Waals surface area (Å²) in [6.45, 7) is 0. The summed E-state index contributed by atoms with van der Waals surface area (Å²) in [6.07, 6.45) is 3.68. The molecule has 0 amide bonds. The Labute approximate surface area is 158 Å². The van der Waals surface area contributed by atoms with Crippen molar-refractivity contribution >= 4 is 29.1 Å². The maximum Gasteiger partial charge on any atom is 0.269 e. The van der Waals surface area contributed by atoms with Crippen molar-refractivity contribution in [3.63, 3.8) is 0 Å². The first-order valence-corrected chi connectivity index (χ1v) is 9.68. The number of hydrogen-bond acceptors (Lipinski definition) is 7. The van der Waals surface area contributed by atoms with Gasteiger partial charge in [0.25, 0.3) is 11.2 Å². The summed E-state index contributed by atoms with van der Waals surface area (Å²) in [5.41, 5.74) is 2.02. The van der Waals surface area contributed by atoms with Gasteiger partial charge in [0.15, 0.2) is 10.9 Å². The molecule has 1 aromatic heterocycles. The molecular weight excluding hydrogens is 368 g/mol. The molecule has 1 aliphatic carbocycles. The van der Waals surface area contributed by atoms with Crippen LogP contribution in [0.4, 0.5) is 11.5 Å². The molecule has 4 rings (SSSR count). The summed E-state index contributed by atoms with van der Waals surface area (Å²) in [7, 11) is 0. The predicted molar refractivity (Wildman–Crippen MR) is 101 cm³/mol. The SMILES string of the molecule is CSc1nc2c(c(=O)[nH]1)C(c1ccc([N+](=O)[O-])cc1)C1=C(CCCC1=O)N2. The summed E-state index contributed by atoms with van der Waals surface area (Å²) in [5, 5.41) is 14.6. The number of H-pyrrole nitrogens is 1. The van der Waals surface area contributed by atoms with Gasteiger partial charge in [-0.3, -0.25) is 19.7 Å². The number of hydrogen-bond donors (Lipinski definition) is 2. The average molecular weight is 384 g/mol. The van der Waals surface area contributed by atoms with Crippen molar-refractivity contribution in [1.82, 2.24) is 9.97 Å². The number of nitro benzene ring substituents is 1. The normalized spacial score (nSPS) is 18.6. The number of nitrogens with zero attached hydrogens (tertiary/aromatic N) is 2. The Balaban J connectivity index is 1.94. The van der Waals surface area contributed by atoms with Crippen LogP contribution in [0.1, 0.15) is 36.3 Å². The molecule has 27 heavy (non-hydrogen) atoms. The summed E-state index contributed by atoms with van der Waals surface area (Å²) >= 11 is 1.32. The molecular formula is C18H16N4O4S. The molecule has 0 radical (unpaired) electrons. The number of carbonyl (C=O) groups is 1. The lowest BCUT2D eigenvalue weighted by atomic mass is 9.76. The molecule has 1 aliphatic heterocycles. The second kappa shape index (κ2) is 6.66. The Morgan fingerprint density at radius 2 is 1.96 bits per heavy atom. The number of thioether (sulfide) groups is 1. The van der Waals surface area contributed by atoms with Gasteiger partial charge < -0.3 is 10.3 Å². The third-order valence-electron chi connectivity index (χ3n) is 4.87. The average Bonchev–Trinajstić information content (AvgIpc) is 2.66. The molecule has 0 bridgehead atoms. The number of nitro groups is 1. The monoisotopic (exact) mass is 384 g/mol. The zero-order valence-corrected chi connectivity index (χ0v) is 15.3. The highest BCUT2D eigenvalue weighted by molar-refractivity contribution is 7.98. The molecule has 138 valence electrons. The second-order valence-electron chi connectivity index (χ2n) is 6.41. The van der Waals surface area contributed by atoms with Crippen LogP contribution in [0, 0.1) is 10.1 Å². The lowest BCUT2D eigenvalue weighted by Crippen LogP contribution is -2.32. The number of ketones is 1. The van der Waals surface area contributed by atoms with Crippen LogP contribution in [0.3, 0.4) is 0 Å². The number of carbonyl (C=O) groups excluding carboxylic acids is 1. The van der Waals surface area contributed by atoms with Gasteiger partial charge in [-0.1, -0.05) is 23.9 Å². The largest absolute Gasteiger partial charge is 0.343 e. The van der Waals surface area contributed by atoms with Crippen molar-refractivity contribution in [3.05, 3.63) is 67.1 Å². The van der Waals surface area contributed by atoms with Gasteiger partial charge in [-0.05, 0) is 24.7 Å². The Morgan fingerprint density at radius 3 is 2.63 bits per heavy atom. The fourth-order valence-electron chi connectivity index (χ4n) is 3.66. The molecule has 0 saturated carbocycles. The van der Waals surface area contributed by atoms with Gasteiger partial charge in [0.1, 0.15) is 5.82 Å². The van der Waals surface area contributed by atoms with Crippen LogP contribution in [0.25, 0.3) is 0 Å². The van der Waals surface area contributed by atoms with E-state index in [0.717, 1.165) is 12.1 Å². The minimum absolute atomic E-state index is 0.00824. The van der Waals surface area contributed by atoms with E-state index >= 15 is 0 Å². The molecule has 1 unspecified atom stereocenters. The number of fused-ring (bicyclic) bond motifs is 1. The van der Waals surface area contributed by atoms with E-state index in [0.29, 0.717) is 40.5 Å². The zero-order chi connectivity index (χ0) is 19.1. The number of anilines is 1. The fourth-order valence-corrected chi connectivity index (χ4v) is 4.04. The van der Waals surface area contributed by atoms with Gasteiger partial charge in [0, 0.05) is 35.7 Å². The Morgan fingerprint density at radius 1 is 1.22 bits per heavy atom. The van der Waals surface area contributed by atoms with Crippen LogP contribution in [0.2, 0.25) is 0 Å². The minimum Gasteiger partial charge on any atom is -0.343 e. The number of allylic oxidation sites excluding steroid dienone is 2. The third kappa shape index (κ3) is 2.93. The first-order valence-electron chi connectivity index (χ1n) is 8.45. The van der Waals surface area contributed by atoms with Crippen molar-refractivity contribution in [1.29, 1.82) is 0 Å². The van der Waals surface area contributed by atoms with E-state index in [1.165, 1.54) is 23.9 Å². The highest BCUT2D eigenvalue weighted by Gasteiger charge is 2.37. The zero-order valence-electron chi connectivity index (χ0n) is 14.4. The van der Waals surface area contributed by atoms with E-state index in [2.05, 4.69) is 15.3 Å². The topological polar surface area (TPSA) is 118 Å². The molecule has 0 spiro atoms. The molecule has 8 nitrogen and oxygen atoms in total. The molecule has 0 fully saturated rings. The number of benzene rings is 1. The number of nitrogens with one attached hydrogen (secondary N) is 2. The molecule has 2 aromatic rings. The summed E-state index contributed by atoms with van der Waals surface area (Å²) in [4.78, 5) is 43.2. The van der Waals surface area contributed by atoms with Crippen molar-refractivity contribution in [2.24, 2.45) is 0 Å². The first kappa shape index (κ1) is 17.5. The maximum atomic E-state index is 12.8. The molecule has 2 aliphatic rings. The van der Waals surface area contributed by atoms with Crippen LogP contribution in [-0.4, -0.2) is 26.9 Å². The van der Waals surface area contributed by atoms with Gasteiger partial charge >= 0.3 is 0 Å². The first-order chi connectivity index (χ1) is 13.0. The number of aromatic nitrogens is 2. The van der Waals surface area contributed by atoms with Gasteiger partial charge in [0.05, 0.1) is 10.5 Å². The summed E-state index contributed by atoms with van der Waals surface area (Å²) in [6, 6.07) is 5.99. The van der Waals surface area contributed by atoms with Crippen molar-refractivity contribution in [2.75, 3.05) is 11.6 Å². The third-order valence-corrected chi connectivity index (χ3v) is 5.45. The van der Waals surface area contributed by atoms with E-state index in [1.807, 2.05) is 6.26 Å². The number of non-ortho nitro benzene ring substituents is 1. The van der Waals surface area contributed by atoms with E-state index in [1.54, 1.807) is 12.1 Å².